The van der Waals surface area contributed by atoms with E-state index in [0.717, 1.165) is 22.4 Å². The van der Waals surface area contributed by atoms with Crippen LogP contribution in [0.15, 0.2) is 47.1 Å². The monoisotopic (exact) mass is 291 g/mol. The van der Waals surface area contributed by atoms with Crippen molar-refractivity contribution in [3.63, 3.8) is 0 Å². The zero-order valence-electron chi connectivity index (χ0n) is 9.36. The van der Waals surface area contributed by atoms with Gasteiger partial charge in [-0.3, -0.25) is 0 Å². The molecule has 0 unspecified atom stereocenters. The van der Waals surface area contributed by atoms with Crippen LogP contribution in [-0.4, -0.2) is 4.98 Å². The van der Waals surface area contributed by atoms with Gasteiger partial charge in [0.2, 0.25) is 0 Å². The Morgan fingerprint density at radius 2 is 2.06 bits per heavy atom. The lowest BCUT2D eigenvalue weighted by Gasteiger charge is -2.07. The summed E-state index contributed by atoms with van der Waals surface area (Å²) in [4.78, 5) is 4.25. The first-order valence-corrected chi connectivity index (χ1v) is 6.20. The van der Waals surface area contributed by atoms with Gasteiger partial charge in [0.25, 0.3) is 0 Å². The molecule has 88 valence electrons. The van der Waals surface area contributed by atoms with Gasteiger partial charge < -0.3 is 11.1 Å². The third-order valence-electron chi connectivity index (χ3n) is 2.42. The molecule has 0 fully saturated rings. The minimum atomic E-state index is 0.536. The molecule has 0 bridgehead atoms. The van der Waals surface area contributed by atoms with Gasteiger partial charge in [-0.25, -0.2) is 4.98 Å². The van der Waals surface area contributed by atoms with Gasteiger partial charge in [-0.1, -0.05) is 28.1 Å². The van der Waals surface area contributed by atoms with Gasteiger partial charge in [0.1, 0.15) is 5.82 Å². The van der Waals surface area contributed by atoms with Gasteiger partial charge >= 0.3 is 0 Å². The number of anilines is 1. The van der Waals surface area contributed by atoms with Gasteiger partial charge in [0.15, 0.2) is 0 Å². The number of nitrogens with two attached hydrogens (primary N) is 1. The van der Waals surface area contributed by atoms with E-state index in [1.807, 2.05) is 24.3 Å². The van der Waals surface area contributed by atoms with E-state index in [1.54, 1.807) is 6.20 Å². The molecule has 4 heteroatoms. The van der Waals surface area contributed by atoms with Gasteiger partial charge in [0, 0.05) is 23.8 Å². The second-order valence-corrected chi connectivity index (χ2v) is 4.65. The maximum Gasteiger partial charge on any atom is 0.126 e. The molecule has 3 nitrogen and oxygen atoms in total. The SMILES string of the molecule is NCc1ccnc(NCc2cccc(Br)c2)c1. The topological polar surface area (TPSA) is 50.9 Å². The van der Waals surface area contributed by atoms with Gasteiger partial charge in [-0.05, 0) is 35.4 Å². The number of aromatic nitrogens is 1. The Morgan fingerprint density at radius 3 is 2.82 bits per heavy atom. The highest BCUT2D eigenvalue weighted by Gasteiger charge is 1.97. The summed E-state index contributed by atoms with van der Waals surface area (Å²) in [6.07, 6.45) is 1.77. The van der Waals surface area contributed by atoms with E-state index in [2.05, 4.69) is 38.4 Å². The number of hydrogen-bond donors (Lipinski definition) is 2. The highest BCUT2D eigenvalue weighted by Crippen LogP contribution is 2.13. The van der Waals surface area contributed by atoms with Crippen molar-refractivity contribution < 1.29 is 0 Å². The number of benzene rings is 1. The van der Waals surface area contributed by atoms with E-state index >= 15 is 0 Å². The number of nitrogens with zero attached hydrogens (tertiary/aromatic N) is 1. The van der Waals surface area contributed by atoms with Crippen molar-refractivity contribution in [3.05, 3.63) is 58.2 Å². The minimum Gasteiger partial charge on any atom is -0.366 e. The zero-order chi connectivity index (χ0) is 12.1. The molecule has 0 aliphatic rings. The first-order valence-electron chi connectivity index (χ1n) is 5.41. The summed E-state index contributed by atoms with van der Waals surface area (Å²) in [6, 6.07) is 12.1. The maximum atomic E-state index is 5.58. The van der Waals surface area contributed by atoms with Crippen LogP contribution in [0.4, 0.5) is 5.82 Å². The summed E-state index contributed by atoms with van der Waals surface area (Å²) < 4.78 is 1.08. The molecule has 1 aromatic heterocycles. The number of pyridine rings is 1. The second-order valence-electron chi connectivity index (χ2n) is 3.74. The van der Waals surface area contributed by atoms with Crippen molar-refractivity contribution in [2.24, 2.45) is 5.73 Å². The summed E-state index contributed by atoms with van der Waals surface area (Å²) in [5.41, 5.74) is 7.87. The van der Waals surface area contributed by atoms with E-state index in [1.165, 1.54) is 5.56 Å². The fourth-order valence-corrected chi connectivity index (χ4v) is 1.98. The van der Waals surface area contributed by atoms with Crippen LogP contribution in [0.3, 0.4) is 0 Å². The van der Waals surface area contributed by atoms with Crippen LogP contribution in [0.25, 0.3) is 0 Å². The molecular weight excluding hydrogens is 278 g/mol. The Morgan fingerprint density at radius 1 is 1.18 bits per heavy atom. The number of rotatable bonds is 4. The first kappa shape index (κ1) is 12.1. The molecule has 0 spiro atoms. The number of hydrogen-bond acceptors (Lipinski definition) is 3. The molecule has 0 radical (unpaired) electrons. The fourth-order valence-electron chi connectivity index (χ4n) is 1.54. The second kappa shape index (κ2) is 5.80. The number of nitrogens with one attached hydrogen (secondary N) is 1. The van der Waals surface area contributed by atoms with Crippen LogP contribution in [0.5, 0.6) is 0 Å². The summed E-state index contributed by atoms with van der Waals surface area (Å²) in [5, 5.41) is 3.28. The van der Waals surface area contributed by atoms with E-state index < -0.39 is 0 Å². The van der Waals surface area contributed by atoms with Crippen molar-refractivity contribution in [2.45, 2.75) is 13.1 Å². The van der Waals surface area contributed by atoms with Crippen LogP contribution in [-0.2, 0) is 13.1 Å². The van der Waals surface area contributed by atoms with Crippen molar-refractivity contribution in [1.29, 1.82) is 0 Å². The molecule has 0 saturated carbocycles. The molecule has 2 aromatic rings. The molecule has 17 heavy (non-hydrogen) atoms. The molecule has 0 amide bonds. The summed E-state index contributed by atoms with van der Waals surface area (Å²) in [5.74, 6) is 0.855. The Hall–Kier alpha value is -1.39. The predicted molar refractivity (Wildman–Crippen MR) is 73.6 cm³/mol. The third kappa shape index (κ3) is 3.54. The summed E-state index contributed by atoms with van der Waals surface area (Å²) in [7, 11) is 0. The molecular formula is C13H14BrN3. The van der Waals surface area contributed by atoms with E-state index in [-0.39, 0.29) is 0 Å². The molecule has 0 aliphatic heterocycles. The summed E-state index contributed by atoms with van der Waals surface area (Å²) >= 11 is 3.45. The highest BCUT2D eigenvalue weighted by molar-refractivity contribution is 9.10. The molecule has 0 aliphatic carbocycles. The largest absolute Gasteiger partial charge is 0.366 e. The van der Waals surface area contributed by atoms with Gasteiger partial charge in [-0.2, -0.15) is 0 Å². The maximum absolute atomic E-state index is 5.58. The van der Waals surface area contributed by atoms with E-state index in [0.29, 0.717) is 6.54 Å². The molecule has 2 rings (SSSR count). The average molecular weight is 292 g/mol. The Kier molecular flexibility index (Phi) is 4.12. The average Bonchev–Trinajstić information content (AvgIpc) is 2.37. The van der Waals surface area contributed by atoms with Gasteiger partial charge in [-0.15, -0.1) is 0 Å². The van der Waals surface area contributed by atoms with Crippen molar-refractivity contribution >= 4 is 21.7 Å². The van der Waals surface area contributed by atoms with Crippen molar-refractivity contribution in [1.82, 2.24) is 4.98 Å². The molecule has 0 saturated heterocycles. The molecule has 0 atom stereocenters. The van der Waals surface area contributed by atoms with Crippen molar-refractivity contribution in [2.75, 3.05) is 5.32 Å². The van der Waals surface area contributed by atoms with Crippen LogP contribution in [0, 0.1) is 0 Å². The minimum absolute atomic E-state index is 0.536. The quantitative estimate of drug-likeness (QED) is 0.911. The normalized spacial score (nSPS) is 10.2. The molecule has 3 N–H and O–H groups in total. The lowest BCUT2D eigenvalue weighted by Crippen LogP contribution is -2.03. The molecule has 1 aromatic carbocycles. The van der Waals surface area contributed by atoms with E-state index in [4.69, 9.17) is 5.73 Å². The standard InChI is InChI=1S/C13H14BrN3/c14-12-3-1-2-11(6-12)9-17-13-7-10(8-15)4-5-16-13/h1-7H,8-9,15H2,(H,16,17). The Bertz CT molecular complexity index is 500. The predicted octanol–water partition coefficient (Wildman–Crippen LogP) is 2.91. The lowest BCUT2D eigenvalue weighted by atomic mass is 10.2. The van der Waals surface area contributed by atoms with Crippen molar-refractivity contribution in [3.8, 4) is 0 Å². The zero-order valence-corrected chi connectivity index (χ0v) is 10.9. The smallest absolute Gasteiger partial charge is 0.126 e. The molecule has 1 heterocycles. The Balaban J connectivity index is 2.02. The van der Waals surface area contributed by atoms with Crippen LogP contribution in [0.1, 0.15) is 11.1 Å². The number of halogens is 1. The van der Waals surface area contributed by atoms with Crippen LogP contribution in [0.2, 0.25) is 0 Å². The first-order chi connectivity index (χ1) is 8.28. The fraction of sp³-hybridized carbons (Fsp3) is 0.154. The lowest BCUT2D eigenvalue weighted by molar-refractivity contribution is 1.04. The highest BCUT2D eigenvalue weighted by atomic mass is 79.9. The van der Waals surface area contributed by atoms with Crippen LogP contribution < -0.4 is 11.1 Å². The summed E-state index contributed by atoms with van der Waals surface area (Å²) in [6.45, 7) is 1.29. The third-order valence-corrected chi connectivity index (χ3v) is 2.92. The van der Waals surface area contributed by atoms with E-state index in [9.17, 15) is 0 Å². The van der Waals surface area contributed by atoms with Crippen LogP contribution >= 0.6 is 15.9 Å². The van der Waals surface area contributed by atoms with Gasteiger partial charge in [0.05, 0.1) is 0 Å². The Labute approximate surface area is 109 Å².